The Morgan fingerprint density at radius 3 is 2.35 bits per heavy atom. The van der Waals surface area contributed by atoms with Crippen molar-refractivity contribution in [3.8, 4) is 28.5 Å². The molecule has 180 valence electrons. The summed E-state index contributed by atoms with van der Waals surface area (Å²) < 4.78 is 17.5. The highest BCUT2D eigenvalue weighted by atomic mass is 16.6. The fraction of sp³-hybridized carbons (Fsp3) is 0.400. The molecular formula is C25H30N4O5. The maximum Gasteiger partial charge on any atom is 0.411 e. The number of benzene rings is 1. The van der Waals surface area contributed by atoms with Crippen molar-refractivity contribution >= 4 is 17.0 Å². The van der Waals surface area contributed by atoms with Gasteiger partial charge in [0, 0.05) is 35.8 Å². The molecule has 2 N–H and O–H groups in total. The van der Waals surface area contributed by atoms with Crippen LogP contribution in [0, 0.1) is 0 Å². The van der Waals surface area contributed by atoms with Crippen LogP contribution in [0.15, 0.2) is 41.3 Å². The Balaban J connectivity index is 1.77. The maximum absolute atomic E-state index is 13.7. The molecule has 3 aromatic rings. The number of aromatic nitrogens is 2. The van der Waals surface area contributed by atoms with E-state index in [1.54, 1.807) is 55.3 Å². The number of primary amides is 1. The molecule has 34 heavy (non-hydrogen) atoms. The molecule has 0 saturated carbocycles. The van der Waals surface area contributed by atoms with E-state index in [0.29, 0.717) is 34.7 Å². The van der Waals surface area contributed by atoms with Crippen molar-refractivity contribution in [2.75, 3.05) is 33.9 Å². The summed E-state index contributed by atoms with van der Waals surface area (Å²) in [6, 6.07) is 8.74. The van der Waals surface area contributed by atoms with Crippen LogP contribution in [0.5, 0.6) is 17.4 Å². The predicted molar refractivity (Wildman–Crippen MR) is 130 cm³/mol. The highest BCUT2D eigenvalue weighted by Crippen LogP contribution is 2.30. The average molecular weight is 467 g/mol. The van der Waals surface area contributed by atoms with Gasteiger partial charge in [-0.25, -0.2) is 9.78 Å². The van der Waals surface area contributed by atoms with Crippen molar-refractivity contribution in [2.45, 2.75) is 32.2 Å². The molecule has 3 heterocycles. The van der Waals surface area contributed by atoms with Gasteiger partial charge in [0.2, 0.25) is 5.88 Å². The summed E-state index contributed by atoms with van der Waals surface area (Å²) in [6.07, 6.45) is 5.15. The normalized spacial score (nSPS) is 14.2. The topological polar surface area (TPSA) is 109 Å². The molecule has 1 aliphatic rings. The van der Waals surface area contributed by atoms with Crippen LogP contribution >= 0.6 is 0 Å². The minimum Gasteiger partial charge on any atom is -0.497 e. The van der Waals surface area contributed by atoms with Gasteiger partial charge in [-0.05, 0) is 62.7 Å². The quantitative estimate of drug-likeness (QED) is 0.542. The summed E-state index contributed by atoms with van der Waals surface area (Å²) in [5.41, 5.74) is 6.83. The van der Waals surface area contributed by atoms with Gasteiger partial charge in [-0.15, -0.1) is 0 Å². The molecule has 0 bridgehead atoms. The van der Waals surface area contributed by atoms with Crippen molar-refractivity contribution in [3.63, 3.8) is 0 Å². The van der Waals surface area contributed by atoms with Gasteiger partial charge in [-0.2, -0.15) is 0 Å². The van der Waals surface area contributed by atoms with Gasteiger partial charge in [0.25, 0.3) is 5.56 Å². The highest BCUT2D eigenvalue weighted by Gasteiger charge is 2.16. The number of likely N-dealkylation sites (tertiary alicyclic amines) is 1. The first-order valence-corrected chi connectivity index (χ1v) is 11.4. The molecule has 0 aliphatic carbocycles. The highest BCUT2D eigenvalue weighted by molar-refractivity contribution is 5.85. The van der Waals surface area contributed by atoms with Crippen LogP contribution in [-0.4, -0.2) is 54.4 Å². The Kier molecular flexibility index (Phi) is 7.32. The average Bonchev–Trinajstić information content (AvgIpc) is 2.85. The third-order valence-electron chi connectivity index (χ3n) is 6.13. The molecule has 4 rings (SSSR count). The van der Waals surface area contributed by atoms with Crippen LogP contribution < -0.4 is 25.5 Å². The van der Waals surface area contributed by atoms with Crippen molar-refractivity contribution < 1.29 is 19.0 Å². The second kappa shape index (κ2) is 10.6. The number of hydrogen-bond acceptors (Lipinski definition) is 7. The Morgan fingerprint density at radius 2 is 1.71 bits per heavy atom. The lowest BCUT2D eigenvalue weighted by Crippen LogP contribution is -2.32. The van der Waals surface area contributed by atoms with Crippen LogP contribution in [0.4, 0.5) is 4.79 Å². The number of nitrogens with zero attached hydrogens (tertiary/aromatic N) is 3. The van der Waals surface area contributed by atoms with Crippen molar-refractivity contribution in [3.05, 3.63) is 46.9 Å². The number of ether oxygens (including phenoxy) is 3. The van der Waals surface area contributed by atoms with Gasteiger partial charge in [-0.1, -0.05) is 6.42 Å². The number of carbonyl (C=O) groups excluding carboxylic acids is 1. The standard InChI is InChI=1S/C25H30N4O5/c1-32-19-11-17(12-20(14-19)33-2)21-13-18-16-27-23(34-25(26)31)15-22(18)29(24(21)30)10-6-9-28-7-4-3-5-8-28/h11-16H,3-10H2,1-2H3,(H2,26,31). The minimum atomic E-state index is -0.953. The van der Waals surface area contributed by atoms with Gasteiger partial charge in [0.15, 0.2) is 0 Å². The van der Waals surface area contributed by atoms with Gasteiger partial charge in [-0.3, -0.25) is 4.79 Å². The molecule has 1 aromatic carbocycles. The SMILES string of the molecule is COc1cc(OC)cc(-c2cc3cnc(OC(N)=O)cc3n(CCCN3CCCCC3)c2=O)c1. The van der Waals surface area contributed by atoms with Gasteiger partial charge >= 0.3 is 6.09 Å². The number of nitrogens with two attached hydrogens (primary N) is 1. The van der Waals surface area contributed by atoms with Crippen LogP contribution in [0.1, 0.15) is 25.7 Å². The van der Waals surface area contributed by atoms with E-state index in [4.69, 9.17) is 19.9 Å². The Hall–Kier alpha value is -3.59. The molecule has 1 fully saturated rings. The first kappa shape index (κ1) is 23.6. The van der Waals surface area contributed by atoms with E-state index in [1.165, 1.54) is 19.3 Å². The fourth-order valence-corrected chi connectivity index (χ4v) is 4.44. The number of amides is 1. The zero-order chi connectivity index (χ0) is 24.1. The van der Waals surface area contributed by atoms with Gasteiger partial charge in [0.05, 0.1) is 19.7 Å². The number of hydrogen-bond donors (Lipinski definition) is 1. The summed E-state index contributed by atoms with van der Waals surface area (Å²) in [6.45, 7) is 3.63. The molecule has 0 spiro atoms. The van der Waals surface area contributed by atoms with E-state index in [2.05, 4.69) is 9.88 Å². The number of pyridine rings is 2. The van der Waals surface area contributed by atoms with Crippen molar-refractivity contribution in [1.82, 2.24) is 14.5 Å². The lowest BCUT2D eigenvalue weighted by Gasteiger charge is -2.26. The number of methoxy groups -OCH3 is 2. The lowest BCUT2D eigenvalue weighted by atomic mass is 10.0. The summed E-state index contributed by atoms with van der Waals surface area (Å²) >= 11 is 0. The lowest BCUT2D eigenvalue weighted by molar-refractivity contribution is 0.209. The van der Waals surface area contributed by atoms with E-state index in [-0.39, 0.29) is 11.4 Å². The van der Waals surface area contributed by atoms with E-state index in [9.17, 15) is 9.59 Å². The zero-order valence-corrected chi connectivity index (χ0v) is 19.6. The van der Waals surface area contributed by atoms with E-state index < -0.39 is 6.09 Å². The van der Waals surface area contributed by atoms with Crippen LogP contribution in [0.25, 0.3) is 22.0 Å². The summed E-state index contributed by atoms with van der Waals surface area (Å²) in [7, 11) is 3.14. The number of fused-ring (bicyclic) bond motifs is 1. The third kappa shape index (κ3) is 5.31. The smallest absolute Gasteiger partial charge is 0.411 e. The fourth-order valence-electron chi connectivity index (χ4n) is 4.44. The first-order valence-electron chi connectivity index (χ1n) is 11.4. The van der Waals surface area contributed by atoms with Crippen LogP contribution in [-0.2, 0) is 6.54 Å². The Morgan fingerprint density at radius 1 is 1.00 bits per heavy atom. The van der Waals surface area contributed by atoms with Crippen LogP contribution in [0.3, 0.4) is 0 Å². The number of carbonyl (C=O) groups is 1. The second-order valence-electron chi connectivity index (χ2n) is 8.37. The first-order chi connectivity index (χ1) is 16.5. The molecule has 9 nitrogen and oxygen atoms in total. The zero-order valence-electron chi connectivity index (χ0n) is 19.6. The number of piperidine rings is 1. The van der Waals surface area contributed by atoms with Gasteiger partial charge in [0.1, 0.15) is 11.5 Å². The third-order valence-corrected chi connectivity index (χ3v) is 6.13. The predicted octanol–water partition coefficient (Wildman–Crippen LogP) is 3.41. The number of aryl methyl sites for hydroxylation is 1. The Bertz CT molecular complexity index is 1210. The van der Waals surface area contributed by atoms with Crippen molar-refractivity contribution in [2.24, 2.45) is 5.73 Å². The summed E-state index contributed by atoms with van der Waals surface area (Å²) in [5, 5.41) is 0.742. The largest absolute Gasteiger partial charge is 0.497 e. The summed E-state index contributed by atoms with van der Waals surface area (Å²) in [5.74, 6) is 1.24. The molecular weight excluding hydrogens is 436 g/mol. The van der Waals surface area contributed by atoms with Gasteiger partial charge < -0.3 is 29.4 Å². The second-order valence-corrected chi connectivity index (χ2v) is 8.37. The maximum atomic E-state index is 13.7. The van der Waals surface area contributed by atoms with E-state index >= 15 is 0 Å². The molecule has 1 saturated heterocycles. The molecule has 2 aromatic heterocycles. The molecule has 9 heteroatoms. The van der Waals surface area contributed by atoms with Crippen LogP contribution in [0.2, 0.25) is 0 Å². The molecule has 1 amide bonds. The minimum absolute atomic E-state index is 0.0555. The van der Waals surface area contributed by atoms with Crippen molar-refractivity contribution in [1.29, 1.82) is 0 Å². The van der Waals surface area contributed by atoms with E-state index in [0.717, 1.165) is 31.4 Å². The monoisotopic (exact) mass is 466 g/mol. The number of rotatable bonds is 8. The molecule has 0 radical (unpaired) electrons. The Labute approximate surface area is 198 Å². The van der Waals surface area contributed by atoms with E-state index in [1.807, 2.05) is 0 Å². The molecule has 1 aliphatic heterocycles. The molecule has 0 unspecified atom stereocenters. The molecule has 0 atom stereocenters. The summed E-state index contributed by atoms with van der Waals surface area (Å²) in [4.78, 5) is 31.6.